The fraction of sp³-hybridized carbons (Fsp3) is 0.208. The van der Waals surface area contributed by atoms with Crippen LogP contribution in [0.15, 0.2) is 60.7 Å². The van der Waals surface area contributed by atoms with E-state index in [-0.39, 0.29) is 5.91 Å². The van der Waals surface area contributed by atoms with Gasteiger partial charge in [-0.15, -0.1) is 0 Å². The molecule has 0 bridgehead atoms. The van der Waals surface area contributed by atoms with E-state index in [1.165, 1.54) is 6.08 Å². The van der Waals surface area contributed by atoms with Gasteiger partial charge in [0.2, 0.25) is 11.9 Å². The molecule has 1 saturated heterocycles. The van der Waals surface area contributed by atoms with E-state index in [4.69, 9.17) is 16.3 Å². The van der Waals surface area contributed by atoms with Crippen molar-refractivity contribution in [1.29, 1.82) is 0 Å². The second-order valence-electron chi connectivity index (χ2n) is 7.34. The Morgan fingerprint density at radius 3 is 2.53 bits per heavy atom. The lowest BCUT2D eigenvalue weighted by Crippen LogP contribution is -2.37. The largest absolute Gasteiger partial charge is 0.378 e. The summed E-state index contributed by atoms with van der Waals surface area (Å²) in [5.74, 6) is 1.19. The number of benzene rings is 2. The standard InChI is InChI=1S/C24H24ClN5O2/c1-17-16-22(29-24(26-17)30-12-14-32-15-13-30)27-19-7-9-20(10-8-19)28-23(31)11-6-18-4-2-3-5-21(18)25/h2-11,16H,12-15H2,1H3,(H,28,31)(H,26,27,29)/b11-6+. The summed E-state index contributed by atoms with van der Waals surface area (Å²) in [4.78, 5) is 23.5. The summed E-state index contributed by atoms with van der Waals surface area (Å²) in [5, 5.41) is 6.75. The van der Waals surface area contributed by atoms with Crippen LogP contribution in [0.4, 0.5) is 23.1 Å². The quantitative estimate of drug-likeness (QED) is 0.532. The van der Waals surface area contributed by atoms with Crippen molar-refractivity contribution < 1.29 is 9.53 Å². The average Bonchev–Trinajstić information content (AvgIpc) is 2.80. The number of ether oxygens (including phenoxy) is 1. The molecule has 1 aromatic heterocycles. The lowest BCUT2D eigenvalue weighted by molar-refractivity contribution is -0.111. The molecule has 4 rings (SSSR count). The first-order valence-electron chi connectivity index (χ1n) is 10.4. The predicted octanol–water partition coefficient (Wildman–Crippen LogP) is 4.67. The third kappa shape index (κ3) is 5.84. The highest BCUT2D eigenvalue weighted by molar-refractivity contribution is 6.32. The zero-order valence-corrected chi connectivity index (χ0v) is 18.5. The third-order valence-corrected chi connectivity index (χ3v) is 5.22. The molecule has 0 aliphatic carbocycles. The van der Waals surface area contributed by atoms with Gasteiger partial charge in [-0.2, -0.15) is 4.98 Å². The molecule has 8 heteroatoms. The highest BCUT2D eigenvalue weighted by Crippen LogP contribution is 2.21. The summed E-state index contributed by atoms with van der Waals surface area (Å²) in [7, 11) is 0. The van der Waals surface area contributed by atoms with Crippen LogP contribution in [0, 0.1) is 6.92 Å². The first-order chi connectivity index (χ1) is 15.6. The lowest BCUT2D eigenvalue weighted by Gasteiger charge is -2.27. The number of morpholine rings is 1. The SMILES string of the molecule is Cc1cc(Nc2ccc(NC(=O)/C=C/c3ccccc3Cl)cc2)nc(N2CCOCC2)n1. The van der Waals surface area contributed by atoms with Crippen molar-refractivity contribution in [1.82, 2.24) is 9.97 Å². The number of aryl methyl sites for hydroxylation is 1. The smallest absolute Gasteiger partial charge is 0.248 e. The van der Waals surface area contributed by atoms with E-state index in [1.807, 2.05) is 55.5 Å². The molecular weight excluding hydrogens is 426 g/mol. The second-order valence-corrected chi connectivity index (χ2v) is 7.75. The number of amides is 1. The fourth-order valence-corrected chi connectivity index (χ4v) is 3.46. The molecule has 7 nitrogen and oxygen atoms in total. The lowest BCUT2D eigenvalue weighted by atomic mass is 10.2. The molecule has 2 heterocycles. The van der Waals surface area contributed by atoms with Crippen LogP contribution in [-0.4, -0.2) is 42.2 Å². The van der Waals surface area contributed by atoms with E-state index >= 15 is 0 Å². The van der Waals surface area contributed by atoms with Gasteiger partial charge in [-0.1, -0.05) is 29.8 Å². The molecule has 1 amide bonds. The molecule has 0 radical (unpaired) electrons. The van der Waals surface area contributed by atoms with Crippen molar-refractivity contribution in [2.75, 3.05) is 41.8 Å². The van der Waals surface area contributed by atoms with Gasteiger partial charge in [0.15, 0.2) is 0 Å². The summed E-state index contributed by atoms with van der Waals surface area (Å²) in [6.07, 6.45) is 3.15. The van der Waals surface area contributed by atoms with E-state index in [0.717, 1.165) is 35.9 Å². The molecule has 0 atom stereocenters. The topological polar surface area (TPSA) is 79.4 Å². The molecule has 0 unspecified atom stereocenters. The van der Waals surface area contributed by atoms with Crippen LogP contribution in [0.2, 0.25) is 5.02 Å². The first-order valence-corrected chi connectivity index (χ1v) is 10.7. The number of anilines is 4. The number of carbonyl (C=O) groups excluding carboxylic acids is 1. The van der Waals surface area contributed by atoms with Crippen molar-refractivity contribution in [2.45, 2.75) is 6.92 Å². The Hall–Kier alpha value is -3.42. The van der Waals surface area contributed by atoms with Crippen LogP contribution < -0.4 is 15.5 Å². The maximum Gasteiger partial charge on any atom is 0.248 e. The van der Waals surface area contributed by atoms with Gasteiger partial charge in [-0.3, -0.25) is 4.79 Å². The van der Waals surface area contributed by atoms with Crippen molar-refractivity contribution >= 4 is 46.7 Å². The Bertz CT molecular complexity index is 1110. The number of hydrogen-bond donors (Lipinski definition) is 2. The minimum absolute atomic E-state index is 0.229. The molecule has 1 aliphatic heterocycles. The Morgan fingerprint density at radius 2 is 1.78 bits per heavy atom. The first kappa shape index (κ1) is 21.8. The Kier molecular flexibility index (Phi) is 6.99. The van der Waals surface area contributed by atoms with Crippen LogP contribution in [-0.2, 0) is 9.53 Å². The van der Waals surface area contributed by atoms with E-state index in [1.54, 1.807) is 12.1 Å². The summed E-state index contributed by atoms with van der Waals surface area (Å²) < 4.78 is 5.41. The van der Waals surface area contributed by atoms with Gasteiger partial charge in [0.1, 0.15) is 5.82 Å². The van der Waals surface area contributed by atoms with Gasteiger partial charge in [-0.25, -0.2) is 4.98 Å². The van der Waals surface area contributed by atoms with Gasteiger partial charge in [-0.05, 0) is 48.9 Å². The minimum Gasteiger partial charge on any atom is -0.378 e. The zero-order chi connectivity index (χ0) is 22.3. The molecule has 0 spiro atoms. The van der Waals surface area contributed by atoms with Crippen LogP contribution in [0.25, 0.3) is 6.08 Å². The van der Waals surface area contributed by atoms with Gasteiger partial charge in [0.25, 0.3) is 0 Å². The van der Waals surface area contributed by atoms with Gasteiger partial charge in [0.05, 0.1) is 13.2 Å². The molecule has 2 N–H and O–H groups in total. The summed E-state index contributed by atoms with van der Waals surface area (Å²) in [5.41, 5.74) is 3.23. The highest BCUT2D eigenvalue weighted by Gasteiger charge is 2.15. The second kappa shape index (κ2) is 10.3. The Labute approximate surface area is 192 Å². The molecule has 2 aromatic carbocycles. The van der Waals surface area contributed by atoms with Crippen molar-refractivity contribution in [2.24, 2.45) is 0 Å². The number of nitrogens with zero attached hydrogens (tertiary/aromatic N) is 3. The van der Waals surface area contributed by atoms with Crippen molar-refractivity contribution in [3.8, 4) is 0 Å². The number of carbonyl (C=O) groups is 1. The molecule has 0 saturated carbocycles. The van der Waals surface area contributed by atoms with Crippen molar-refractivity contribution in [3.05, 3.63) is 77.0 Å². The van der Waals surface area contributed by atoms with Gasteiger partial charge in [0, 0.05) is 47.3 Å². The normalized spacial score (nSPS) is 13.9. The highest BCUT2D eigenvalue weighted by atomic mass is 35.5. The van der Waals surface area contributed by atoms with Crippen LogP contribution in [0.5, 0.6) is 0 Å². The number of rotatable bonds is 6. The molecule has 1 aliphatic rings. The summed E-state index contributed by atoms with van der Waals surface area (Å²) in [6.45, 7) is 4.87. The number of hydrogen-bond acceptors (Lipinski definition) is 6. The minimum atomic E-state index is -0.229. The maximum absolute atomic E-state index is 12.2. The van der Waals surface area contributed by atoms with Gasteiger partial charge >= 0.3 is 0 Å². The Balaban J connectivity index is 1.38. The molecule has 3 aromatic rings. The number of aromatic nitrogens is 2. The summed E-state index contributed by atoms with van der Waals surface area (Å²) >= 11 is 6.11. The van der Waals surface area contributed by atoms with Crippen LogP contribution in [0.1, 0.15) is 11.3 Å². The van der Waals surface area contributed by atoms with Gasteiger partial charge < -0.3 is 20.3 Å². The number of nitrogens with one attached hydrogen (secondary N) is 2. The molecule has 32 heavy (non-hydrogen) atoms. The molecule has 1 fully saturated rings. The third-order valence-electron chi connectivity index (χ3n) is 4.88. The van der Waals surface area contributed by atoms with E-state index in [2.05, 4.69) is 25.5 Å². The van der Waals surface area contributed by atoms with E-state index in [0.29, 0.717) is 29.9 Å². The molecular formula is C24H24ClN5O2. The van der Waals surface area contributed by atoms with Crippen LogP contribution in [0.3, 0.4) is 0 Å². The van der Waals surface area contributed by atoms with E-state index in [9.17, 15) is 4.79 Å². The summed E-state index contributed by atoms with van der Waals surface area (Å²) in [6, 6.07) is 16.7. The van der Waals surface area contributed by atoms with Crippen molar-refractivity contribution in [3.63, 3.8) is 0 Å². The van der Waals surface area contributed by atoms with E-state index < -0.39 is 0 Å². The number of halogens is 1. The monoisotopic (exact) mass is 449 g/mol. The molecule has 164 valence electrons. The Morgan fingerprint density at radius 1 is 1.06 bits per heavy atom. The predicted molar refractivity (Wildman–Crippen MR) is 129 cm³/mol. The maximum atomic E-state index is 12.2. The zero-order valence-electron chi connectivity index (χ0n) is 17.7. The fourth-order valence-electron chi connectivity index (χ4n) is 3.27. The average molecular weight is 450 g/mol. The van der Waals surface area contributed by atoms with Crippen LogP contribution >= 0.6 is 11.6 Å².